The first-order valence-electron chi connectivity index (χ1n) is 5.54. The van der Waals surface area contributed by atoms with Crippen molar-refractivity contribution in [1.29, 1.82) is 0 Å². The van der Waals surface area contributed by atoms with Crippen molar-refractivity contribution < 1.29 is 0 Å². The summed E-state index contributed by atoms with van der Waals surface area (Å²) in [6.45, 7) is 4.12. The van der Waals surface area contributed by atoms with Gasteiger partial charge in [0.15, 0.2) is 0 Å². The molecule has 0 aliphatic carbocycles. The summed E-state index contributed by atoms with van der Waals surface area (Å²) < 4.78 is 0. The van der Waals surface area contributed by atoms with Gasteiger partial charge in [-0.15, -0.1) is 0 Å². The Morgan fingerprint density at radius 2 is 2.47 bits per heavy atom. The molecular weight excluding hydrogens is 204 g/mol. The monoisotopic (exact) mass is 222 g/mol. The predicted molar refractivity (Wildman–Crippen MR) is 66.1 cm³/mol. The van der Waals surface area contributed by atoms with Crippen LogP contribution in [0.15, 0.2) is 18.3 Å². The van der Waals surface area contributed by atoms with E-state index in [0.717, 1.165) is 24.7 Å². The molecule has 1 aliphatic rings. The quantitative estimate of drug-likeness (QED) is 0.845. The minimum atomic E-state index is 0.875. The van der Waals surface area contributed by atoms with Gasteiger partial charge >= 0.3 is 0 Å². The average molecular weight is 222 g/mol. The standard InChI is InChI=1S/C12H18N2S/c1-10-2-3-12(14-6-10)8-13-7-11-4-5-15-9-11/h2-3,6,11,13H,4-5,7-9H2,1H3. The Bertz CT molecular complexity index is 291. The Kier molecular flexibility index (Phi) is 4.03. The molecule has 1 saturated heterocycles. The number of aryl methyl sites for hydroxylation is 1. The number of pyridine rings is 1. The van der Waals surface area contributed by atoms with E-state index >= 15 is 0 Å². The lowest BCUT2D eigenvalue weighted by Crippen LogP contribution is -2.22. The van der Waals surface area contributed by atoms with Crippen LogP contribution < -0.4 is 5.32 Å². The van der Waals surface area contributed by atoms with Crippen molar-refractivity contribution in [3.05, 3.63) is 29.6 Å². The van der Waals surface area contributed by atoms with E-state index in [-0.39, 0.29) is 0 Å². The molecule has 0 saturated carbocycles. The third-order valence-electron chi connectivity index (χ3n) is 2.74. The van der Waals surface area contributed by atoms with E-state index in [4.69, 9.17) is 0 Å². The molecule has 2 rings (SSSR count). The molecule has 1 atom stereocenters. The van der Waals surface area contributed by atoms with Gasteiger partial charge in [-0.1, -0.05) is 6.07 Å². The molecule has 1 aliphatic heterocycles. The van der Waals surface area contributed by atoms with Crippen molar-refractivity contribution in [2.24, 2.45) is 5.92 Å². The van der Waals surface area contributed by atoms with Crippen LogP contribution in [0.3, 0.4) is 0 Å². The van der Waals surface area contributed by atoms with Crippen LogP contribution in [0.4, 0.5) is 0 Å². The van der Waals surface area contributed by atoms with E-state index in [2.05, 4.69) is 41.1 Å². The fraction of sp³-hybridized carbons (Fsp3) is 0.583. The first kappa shape index (κ1) is 11.0. The number of rotatable bonds is 4. The Labute approximate surface area is 95.9 Å². The molecule has 1 aromatic rings. The van der Waals surface area contributed by atoms with Crippen LogP contribution in [0.5, 0.6) is 0 Å². The molecule has 3 heteroatoms. The SMILES string of the molecule is Cc1ccc(CNCC2CCSC2)nc1. The summed E-state index contributed by atoms with van der Waals surface area (Å²) in [5.41, 5.74) is 2.37. The van der Waals surface area contributed by atoms with Gasteiger partial charge in [0, 0.05) is 12.7 Å². The molecule has 1 aromatic heterocycles. The molecule has 0 amide bonds. The Balaban J connectivity index is 1.71. The molecule has 0 radical (unpaired) electrons. The Morgan fingerprint density at radius 3 is 3.13 bits per heavy atom. The molecule has 82 valence electrons. The minimum Gasteiger partial charge on any atom is -0.311 e. The maximum absolute atomic E-state index is 4.37. The summed E-state index contributed by atoms with van der Waals surface area (Å²) in [4.78, 5) is 4.37. The highest BCUT2D eigenvalue weighted by Crippen LogP contribution is 2.22. The van der Waals surface area contributed by atoms with Crippen molar-refractivity contribution >= 4 is 11.8 Å². The number of nitrogens with one attached hydrogen (secondary N) is 1. The smallest absolute Gasteiger partial charge is 0.0541 e. The van der Waals surface area contributed by atoms with Crippen molar-refractivity contribution in [1.82, 2.24) is 10.3 Å². The van der Waals surface area contributed by atoms with Gasteiger partial charge in [0.05, 0.1) is 5.69 Å². The highest BCUT2D eigenvalue weighted by Gasteiger charge is 2.14. The van der Waals surface area contributed by atoms with Gasteiger partial charge in [-0.05, 0) is 48.9 Å². The van der Waals surface area contributed by atoms with E-state index in [1.165, 1.54) is 23.5 Å². The van der Waals surface area contributed by atoms with Gasteiger partial charge in [0.1, 0.15) is 0 Å². The molecular formula is C12H18N2S. The van der Waals surface area contributed by atoms with Gasteiger partial charge in [-0.3, -0.25) is 4.98 Å². The average Bonchev–Trinajstić information content (AvgIpc) is 2.74. The zero-order valence-corrected chi connectivity index (χ0v) is 10.0. The van der Waals surface area contributed by atoms with Crippen molar-refractivity contribution in [3.8, 4) is 0 Å². The highest BCUT2D eigenvalue weighted by atomic mass is 32.2. The fourth-order valence-electron chi connectivity index (χ4n) is 1.75. The third kappa shape index (κ3) is 3.50. The van der Waals surface area contributed by atoms with Crippen LogP contribution >= 0.6 is 11.8 Å². The Morgan fingerprint density at radius 1 is 1.53 bits per heavy atom. The Hall–Kier alpha value is -0.540. The van der Waals surface area contributed by atoms with Gasteiger partial charge in [-0.2, -0.15) is 11.8 Å². The van der Waals surface area contributed by atoms with Crippen LogP contribution in [0.25, 0.3) is 0 Å². The normalized spacial score (nSPS) is 20.7. The van der Waals surface area contributed by atoms with Crippen LogP contribution in [0.2, 0.25) is 0 Å². The summed E-state index contributed by atoms with van der Waals surface area (Å²) in [5, 5.41) is 3.49. The topological polar surface area (TPSA) is 24.9 Å². The lowest BCUT2D eigenvalue weighted by atomic mass is 10.1. The molecule has 0 spiro atoms. The highest BCUT2D eigenvalue weighted by molar-refractivity contribution is 7.99. The van der Waals surface area contributed by atoms with Gasteiger partial charge in [0.25, 0.3) is 0 Å². The van der Waals surface area contributed by atoms with Crippen LogP contribution in [0.1, 0.15) is 17.7 Å². The van der Waals surface area contributed by atoms with Crippen LogP contribution in [-0.2, 0) is 6.54 Å². The second-order valence-electron chi connectivity index (χ2n) is 4.19. The third-order valence-corrected chi connectivity index (χ3v) is 3.97. The number of hydrogen-bond donors (Lipinski definition) is 1. The number of hydrogen-bond acceptors (Lipinski definition) is 3. The van der Waals surface area contributed by atoms with E-state index in [1.54, 1.807) is 0 Å². The first-order valence-corrected chi connectivity index (χ1v) is 6.70. The van der Waals surface area contributed by atoms with Crippen molar-refractivity contribution in [3.63, 3.8) is 0 Å². The zero-order valence-electron chi connectivity index (χ0n) is 9.20. The number of aromatic nitrogens is 1. The maximum atomic E-state index is 4.37. The largest absolute Gasteiger partial charge is 0.311 e. The van der Waals surface area contributed by atoms with Crippen molar-refractivity contribution in [2.75, 3.05) is 18.1 Å². The molecule has 15 heavy (non-hydrogen) atoms. The summed E-state index contributed by atoms with van der Waals surface area (Å²) in [6.07, 6.45) is 3.31. The summed E-state index contributed by atoms with van der Waals surface area (Å²) in [5.74, 6) is 3.55. The summed E-state index contributed by atoms with van der Waals surface area (Å²) in [6, 6.07) is 4.22. The maximum Gasteiger partial charge on any atom is 0.0541 e. The van der Waals surface area contributed by atoms with Crippen molar-refractivity contribution in [2.45, 2.75) is 19.9 Å². The number of nitrogens with zero attached hydrogens (tertiary/aromatic N) is 1. The second-order valence-corrected chi connectivity index (χ2v) is 5.34. The first-order chi connectivity index (χ1) is 7.34. The predicted octanol–water partition coefficient (Wildman–Crippen LogP) is 2.23. The van der Waals surface area contributed by atoms with Crippen LogP contribution in [0, 0.1) is 12.8 Å². The molecule has 1 unspecified atom stereocenters. The van der Waals surface area contributed by atoms with Gasteiger partial charge in [0.2, 0.25) is 0 Å². The van der Waals surface area contributed by atoms with Gasteiger partial charge in [-0.25, -0.2) is 0 Å². The molecule has 2 nitrogen and oxygen atoms in total. The summed E-state index contributed by atoms with van der Waals surface area (Å²) in [7, 11) is 0. The lowest BCUT2D eigenvalue weighted by molar-refractivity contribution is 0.520. The van der Waals surface area contributed by atoms with E-state index in [1.807, 2.05) is 6.20 Å². The molecule has 0 bridgehead atoms. The molecule has 1 N–H and O–H groups in total. The molecule has 2 heterocycles. The van der Waals surface area contributed by atoms with E-state index in [0.29, 0.717) is 0 Å². The number of thioether (sulfide) groups is 1. The van der Waals surface area contributed by atoms with Crippen LogP contribution in [-0.4, -0.2) is 23.0 Å². The molecule has 1 fully saturated rings. The zero-order chi connectivity index (χ0) is 10.5. The molecule has 0 aromatic carbocycles. The minimum absolute atomic E-state index is 0.875. The lowest BCUT2D eigenvalue weighted by Gasteiger charge is -2.09. The summed E-state index contributed by atoms with van der Waals surface area (Å²) >= 11 is 2.07. The second kappa shape index (κ2) is 5.52. The van der Waals surface area contributed by atoms with Gasteiger partial charge < -0.3 is 5.32 Å². The van der Waals surface area contributed by atoms with E-state index in [9.17, 15) is 0 Å². The van der Waals surface area contributed by atoms with E-state index < -0.39 is 0 Å². The fourth-order valence-corrected chi connectivity index (χ4v) is 3.04.